The average molecular weight is 271 g/mol. The van der Waals surface area contributed by atoms with E-state index in [4.69, 9.17) is 5.73 Å². The van der Waals surface area contributed by atoms with Gasteiger partial charge in [0.1, 0.15) is 0 Å². The van der Waals surface area contributed by atoms with E-state index in [1.54, 1.807) is 0 Å². The fourth-order valence-electron chi connectivity index (χ4n) is 2.55. The van der Waals surface area contributed by atoms with Gasteiger partial charge in [-0.3, -0.25) is 4.68 Å². The zero-order valence-electron chi connectivity index (χ0n) is 12.7. The minimum atomic E-state index is 0.115. The number of nitrogens with two attached hydrogens (primary N) is 1. The Labute approximate surface area is 121 Å². The molecule has 20 heavy (non-hydrogen) atoms. The van der Waals surface area contributed by atoms with Gasteiger partial charge in [0.2, 0.25) is 0 Å². The molecule has 1 heterocycles. The first-order valence-electron chi connectivity index (χ1n) is 7.51. The maximum Gasteiger partial charge on any atom is 0.0624 e. The largest absolute Gasteiger partial charge is 0.327 e. The van der Waals surface area contributed by atoms with E-state index >= 15 is 0 Å². The number of hydrogen-bond acceptors (Lipinski definition) is 2. The molecule has 3 nitrogen and oxygen atoms in total. The zero-order valence-corrected chi connectivity index (χ0v) is 12.7. The van der Waals surface area contributed by atoms with Crippen molar-refractivity contribution in [1.82, 2.24) is 9.78 Å². The zero-order chi connectivity index (χ0) is 14.5. The molecule has 0 spiro atoms. The first kappa shape index (κ1) is 14.8. The summed E-state index contributed by atoms with van der Waals surface area (Å²) >= 11 is 0. The summed E-state index contributed by atoms with van der Waals surface area (Å²) in [5, 5.41) is 4.59. The first-order valence-corrected chi connectivity index (χ1v) is 7.51. The van der Waals surface area contributed by atoms with Crippen LogP contribution in [0.25, 0.3) is 0 Å². The van der Waals surface area contributed by atoms with Gasteiger partial charge in [0.25, 0.3) is 0 Å². The highest BCUT2D eigenvalue weighted by molar-refractivity contribution is 5.22. The smallest absolute Gasteiger partial charge is 0.0624 e. The lowest BCUT2D eigenvalue weighted by Gasteiger charge is -2.20. The number of aryl methyl sites for hydroxylation is 2. The van der Waals surface area contributed by atoms with Crippen molar-refractivity contribution in [2.45, 2.75) is 52.1 Å². The Hall–Kier alpha value is -1.61. The average Bonchev–Trinajstić information content (AvgIpc) is 2.89. The van der Waals surface area contributed by atoms with Gasteiger partial charge in [0.05, 0.1) is 5.69 Å². The molecule has 0 aliphatic rings. The molecule has 108 valence electrons. The Balaban J connectivity index is 2.11. The van der Waals surface area contributed by atoms with Crippen LogP contribution < -0.4 is 5.73 Å². The van der Waals surface area contributed by atoms with E-state index in [0.29, 0.717) is 5.92 Å². The lowest BCUT2D eigenvalue weighted by atomic mass is 9.91. The van der Waals surface area contributed by atoms with Crippen molar-refractivity contribution in [3.63, 3.8) is 0 Å². The Morgan fingerprint density at radius 1 is 1.20 bits per heavy atom. The van der Waals surface area contributed by atoms with Gasteiger partial charge in [0, 0.05) is 24.7 Å². The third kappa shape index (κ3) is 3.28. The predicted octanol–water partition coefficient (Wildman–Crippen LogP) is 3.14. The fourth-order valence-corrected chi connectivity index (χ4v) is 2.55. The van der Waals surface area contributed by atoms with Crippen LogP contribution in [0.5, 0.6) is 0 Å². The quantitative estimate of drug-likeness (QED) is 0.877. The normalized spacial score (nSPS) is 14.2. The van der Waals surface area contributed by atoms with E-state index in [9.17, 15) is 0 Å². The van der Waals surface area contributed by atoms with E-state index < -0.39 is 0 Å². The van der Waals surface area contributed by atoms with E-state index in [2.05, 4.69) is 60.9 Å². The SMILES string of the molecule is CCc1cc(CC(N)C(C)c2ccccc2)n(CC)n1. The summed E-state index contributed by atoms with van der Waals surface area (Å²) in [5.74, 6) is 0.349. The van der Waals surface area contributed by atoms with Crippen molar-refractivity contribution in [3.05, 3.63) is 53.3 Å². The van der Waals surface area contributed by atoms with Crippen molar-refractivity contribution < 1.29 is 0 Å². The molecule has 3 heteroatoms. The monoisotopic (exact) mass is 271 g/mol. The van der Waals surface area contributed by atoms with Gasteiger partial charge in [-0.2, -0.15) is 5.10 Å². The number of nitrogens with zero attached hydrogens (tertiary/aromatic N) is 2. The number of benzene rings is 1. The Morgan fingerprint density at radius 2 is 1.90 bits per heavy atom. The van der Waals surface area contributed by atoms with Crippen molar-refractivity contribution in [2.24, 2.45) is 5.73 Å². The molecule has 0 saturated carbocycles. The van der Waals surface area contributed by atoms with E-state index in [0.717, 1.165) is 25.1 Å². The summed E-state index contributed by atoms with van der Waals surface area (Å²) in [4.78, 5) is 0. The van der Waals surface area contributed by atoms with Gasteiger partial charge < -0.3 is 5.73 Å². The summed E-state index contributed by atoms with van der Waals surface area (Å²) in [7, 11) is 0. The van der Waals surface area contributed by atoms with Crippen LogP contribution in [0.15, 0.2) is 36.4 Å². The van der Waals surface area contributed by atoms with Gasteiger partial charge in [-0.15, -0.1) is 0 Å². The minimum Gasteiger partial charge on any atom is -0.327 e. The van der Waals surface area contributed by atoms with Crippen LogP contribution in [-0.2, 0) is 19.4 Å². The Bertz CT molecular complexity index is 530. The second kappa shape index (κ2) is 6.71. The second-order valence-electron chi connectivity index (χ2n) is 5.36. The van der Waals surface area contributed by atoms with Crippen molar-refractivity contribution in [1.29, 1.82) is 0 Å². The maximum absolute atomic E-state index is 6.41. The molecule has 2 N–H and O–H groups in total. The van der Waals surface area contributed by atoms with Crippen LogP contribution in [0.1, 0.15) is 43.6 Å². The molecule has 0 aliphatic carbocycles. The standard InChI is InChI=1S/C17H25N3/c1-4-15-11-16(20(5-2)19-15)12-17(18)13(3)14-9-7-6-8-10-14/h6-11,13,17H,4-5,12,18H2,1-3H3. The van der Waals surface area contributed by atoms with E-state index in [-0.39, 0.29) is 6.04 Å². The molecule has 1 aromatic heterocycles. The predicted molar refractivity (Wildman–Crippen MR) is 83.8 cm³/mol. The van der Waals surface area contributed by atoms with Crippen molar-refractivity contribution in [2.75, 3.05) is 0 Å². The molecule has 2 unspecified atom stereocenters. The molecule has 0 bridgehead atoms. The maximum atomic E-state index is 6.41. The Kier molecular flexibility index (Phi) is 4.96. The number of aromatic nitrogens is 2. The molecule has 0 radical (unpaired) electrons. The first-order chi connectivity index (χ1) is 9.65. The summed E-state index contributed by atoms with van der Waals surface area (Å²) in [6.07, 6.45) is 1.85. The van der Waals surface area contributed by atoms with Gasteiger partial charge >= 0.3 is 0 Å². The van der Waals surface area contributed by atoms with Gasteiger partial charge in [-0.05, 0) is 30.9 Å². The molecule has 0 fully saturated rings. The third-order valence-corrected chi connectivity index (χ3v) is 3.99. The van der Waals surface area contributed by atoms with Crippen LogP contribution in [0, 0.1) is 0 Å². The van der Waals surface area contributed by atoms with Crippen LogP contribution in [0.2, 0.25) is 0 Å². The van der Waals surface area contributed by atoms with Gasteiger partial charge in [-0.25, -0.2) is 0 Å². The second-order valence-corrected chi connectivity index (χ2v) is 5.36. The van der Waals surface area contributed by atoms with Crippen molar-refractivity contribution in [3.8, 4) is 0 Å². The molecule has 0 aliphatic heterocycles. The highest BCUT2D eigenvalue weighted by Crippen LogP contribution is 2.20. The van der Waals surface area contributed by atoms with Crippen LogP contribution in [-0.4, -0.2) is 15.8 Å². The fraction of sp³-hybridized carbons (Fsp3) is 0.471. The molecule has 2 rings (SSSR count). The van der Waals surface area contributed by atoms with E-state index in [1.807, 2.05) is 6.07 Å². The highest BCUT2D eigenvalue weighted by Gasteiger charge is 2.17. The summed E-state index contributed by atoms with van der Waals surface area (Å²) in [6.45, 7) is 7.37. The lowest BCUT2D eigenvalue weighted by molar-refractivity contribution is 0.526. The summed E-state index contributed by atoms with van der Waals surface area (Å²) < 4.78 is 2.08. The Morgan fingerprint density at radius 3 is 2.50 bits per heavy atom. The molecular weight excluding hydrogens is 246 g/mol. The number of hydrogen-bond donors (Lipinski definition) is 1. The highest BCUT2D eigenvalue weighted by atomic mass is 15.3. The summed E-state index contributed by atoms with van der Waals surface area (Å²) in [5.41, 5.74) is 10.1. The molecule has 2 aromatic rings. The molecule has 0 saturated heterocycles. The van der Waals surface area contributed by atoms with Gasteiger partial charge in [-0.1, -0.05) is 44.2 Å². The molecule has 2 atom stereocenters. The minimum absolute atomic E-state index is 0.115. The van der Waals surface area contributed by atoms with Gasteiger partial charge in [0.15, 0.2) is 0 Å². The third-order valence-electron chi connectivity index (χ3n) is 3.99. The van der Waals surface area contributed by atoms with Crippen LogP contribution >= 0.6 is 0 Å². The molecule has 1 aromatic carbocycles. The van der Waals surface area contributed by atoms with Crippen LogP contribution in [0.4, 0.5) is 0 Å². The topological polar surface area (TPSA) is 43.8 Å². The molecule has 0 amide bonds. The lowest BCUT2D eigenvalue weighted by Crippen LogP contribution is -2.30. The van der Waals surface area contributed by atoms with E-state index in [1.165, 1.54) is 11.3 Å². The summed E-state index contributed by atoms with van der Waals surface area (Å²) in [6, 6.07) is 12.8. The molecular formula is C17H25N3. The number of rotatable bonds is 6. The van der Waals surface area contributed by atoms with Crippen LogP contribution in [0.3, 0.4) is 0 Å². The van der Waals surface area contributed by atoms with Crippen molar-refractivity contribution >= 4 is 0 Å².